The van der Waals surface area contributed by atoms with Crippen molar-refractivity contribution in [2.45, 2.75) is 26.7 Å². The first-order valence-electron chi connectivity index (χ1n) is 10.0. The van der Waals surface area contributed by atoms with E-state index in [0.717, 1.165) is 22.4 Å². The van der Waals surface area contributed by atoms with Crippen LogP contribution >= 0.6 is 0 Å². The third kappa shape index (κ3) is 7.26. The molecule has 8 nitrogen and oxygen atoms in total. The second-order valence-corrected chi connectivity index (χ2v) is 7.04. The molecule has 0 bridgehead atoms. The Balaban J connectivity index is 1.31. The van der Waals surface area contributed by atoms with Crippen LogP contribution in [-0.4, -0.2) is 41.8 Å². The fourth-order valence-electron chi connectivity index (χ4n) is 2.71. The van der Waals surface area contributed by atoms with Crippen molar-refractivity contribution in [2.24, 2.45) is 0 Å². The average Bonchev–Trinajstić information content (AvgIpc) is 3.23. The Morgan fingerprint density at radius 2 is 1.84 bits per heavy atom. The van der Waals surface area contributed by atoms with E-state index in [2.05, 4.69) is 15.5 Å². The molecule has 1 N–H and O–H groups in total. The highest BCUT2D eigenvalue weighted by Crippen LogP contribution is 2.18. The molecule has 0 spiro atoms. The van der Waals surface area contributed by atoms with Crippen LogP contribution in [0.1, 0.15) is 23.4 Å². The van der Waals surface area contributed by atoms with E-state index in [9.17, 15) is 9.59 Å². The van der Waals surface area contributed by atoms with E-state index in [-0.39, 0.29) is 25.4 Å². The van der Waals surface area contributed by atoms with Gasteiger partial charge in [0.1, 0.15) is 12.4 Å². The number of aromatic nitrogens is 2. The lowest BCUT2D eigenvalue weighted by atomic mass is 10.1. The Labute approximate surface area is 180 Å². The maximum absolute atomic E-state index is 11.9. The van der Waals surface area contributed by atoms with Gasteiger partial charge >= 0.3 is 5.97 Å². The molecule has 2 aromatic carbocycles. The van der Waals surface area contributed by atoms with Crippen LogP contribution in [0.3, 0.4) is 0 Å². The smallest absolute Gasteiger partial charge is 0.306 e. The number of amides is 1. The van der Waals surface area contributed by atoms with Crippen molar-refractivity contribution < 1.29 is 23.5 Å². The molecule has 0 atom stereocenters. The Hall–Kier alpha value is -3.68. The van der Waals surface area contributed by atoms with Gasteiger partial charge in [-0.15, -0.1) is 10.2 Å². The second kappa shape index (κ2) is 10.9. The van der Waals surface area contributed by atoms with Crippen LogP contribution in [-0.2, 0) is 20.7 Å². The molecule has 1 amide bonds. The van der Waals surface area contributed by atoms with Crippen LogP contribution in [0.5, 0.6) is 5.75 Å². The summed E-state index contributed by atoms with van der Waals surface area (Å²) in [5, 5.41) is 10.6. The van der Waals surface area contributed by atoms with Crippen molar-refractivity contribution in [3.05, 3.63) is 65.5 Å². The van der Waals surface area contributed by atoms with E-state index in [1.165, 1.54) is 0 Å². The van der Waals surface area contributed by atoms with E-state index in [1.54, 1.807) is 0 Å². The number of ether oxygens (including phenoxy) is 2. The van der Waals surface area contributed by atoms with Crippen LogP contribution in [0, 0.1) is 13.8 Å². The van der Waals surface area contributed by atoms with Crippen LogP contribution < -0.4 is 10.1 Å². The molecule has 1 heterocycles. The molecule has 0 radical (unpaired) electrons. The summed E-state index contributed by atoms with van der Waals surface area (Å²) in [6, 6.07) is 15.3. The molecule has 0 saturated carbocycles. The van der Waals surface area contributed by atoms with Gasteiger partial charge in [0.2, 0.25) is 11.8 Å². The number of rotatable bonds is 10. The topological polar surface area (TPSA) is 104 Å². The minimum absolute atomic E-state index is 0.0410. The van der Waals surface area contributed by atoms with Crippen molar-refractivity contribution in [2.75, 3.05) is 19.8 Å². The number of carbonyl (C=O) groups excluding carboxylic acids is 2. The molecule has 0 unspecified atom stereocenters. The quantitative estimate of drug-likeness (QED) is 0.395. The minimum atomic E-state index is -0.513. The summed E-state index contributed by atoms with van der Waals surface area (Å²) in [6.07, 6.45) is 0.281. The first-order chi connectivity index (χ1) is 15.0. The SMILES string of the molecule is Cc1ccc(-c2nnc(CCC(=O)OCC(=O)NCCOc3cccc(C)c3)o2)cc1. The average molecular weight is 423 g/mol. The lowest BCUT2D eigenvalue weighted by Crippen LogP contribution is -2.32. The van der Waals surface area contributed by atoms with E-state index in [0.29, 0.717) is 24.9 Å². The number of esters is 1. The van der Waals surface area contributed by atoms with Crippen LogP contribution in [0.15, 0.2) is 52.9 Å². The summed E-state index contributed by atoms with van der Waals surface area (Å²) in [6.45, 7) is 4.26. The molecule has 8 heteroatoms. The van der Waals surface area contributed by atoms with E-state index in [1.807, 2.05) is 62.4 Å². The van der Waals surface area contributed by atoms with Gasteiger partial charge < -0.3 is 19.2 Å². The van der Waals surface area contributed by atoms with Gasteiger partial charge in [0.25, 0.3) is 5.91 Å². The van der Waals surface area contributed by atoms with Crippen molar-refractivity contribution in [1.82, 2.24) is 15.5 Å². The van der Waals surface area contributed by atoms with Gasteiger partial charge in [0, 0.05) is 12.0 Å². The highest BCUT2D eigenvalue weighted by atomic mass is 16.5. The Morgan fingerprint density at radius 3 is 2.61 bits per heavy atom. The third-order valence-electron chi connectivity index (χ3n) is 4.36. The molecular weight excluding hydrogens is 398 g/mol. The van der Waals surface area contributed by atoms with Gasteiger partial charge in [-0.25, -0.2) is 0 Å². The van der Waals surface area contributed by atoms with Crippen LogP contribution in [0.4, 0.5) is 0 Å². The van der Waals surface area contributed by atoms with Gasteiger partial charge in [0.05, 0.1) is 13.0 Å². The molecule has 162 valence electrons. The highest BCUT2D eigenvalue weighted by molar-refractivity contribution is 5.80. The maximum atomic E-state index is 11.9. The molecule has 3 rings (SSSR count). The fourth-order valence-corrected chi connectivity index (χ4v) is 2.71. The molecule has 0 aliphatic carbocycles. The molecule has 1 aromatic heterocycles. The Kier molecular flexibility index (Phi) is 7.75. The number of hydrogen-bond acceptors (Lipinski definition) is 7. The predicted molar refractivity (Wildman–Crippen MR) is 113 cm³/mol. The van der Waals surface area contributed by atoms with E-state index >= 15 is 0 Å². The molecule has 0 aliphatic heterocycles. The number of benzene rings is 2. The van der Waals surface area contributed by atoms with Crippen molar-refractivity contribution in [3.63, 3.8) is 0 Å². The fraction of sp³-hybridized carbons (Fsp3) is 0.304. The van der Waals surface area contributed by atoms with Crippen LogP contribution in [0.2, 0.25) is 0 Å². The van der Waals surface area contributed by atoms with Crippen molar-refractivity contribution >= 4 is 11.9 Å². The van der Waals surface area contributed by atoms with Gasteiger partial charge in [-0.05, 0) is 43.7 Å². The van der Waals surface area contributed by atoms with E-state index in [4.69, 9.17) is 13.9 Å². The Bertz CT molecular complexity index is 1010. The minimum Gasteiger partial charge on any atom is -0.492 e. The van der Waals surface area contributed by atoms with E-state index < -0.39 is 5.97 Å². The Morgan fingerprint density at radius 1 is 1.03 bits per heavy atom. The number of nitrogens with zero attached hydrogens (tertiary/aromatic N) is 2. The van der Waals surface area contributed by atoms with Crippen molar-refractivity contribution in [3.8, 4) is 17.2 Å². The molecule has 0 fully saturated rings. The summed E-state index contributed by atoms with van der Waals surface area (Å²) in [4.78, 5) is 23.7. The number of nitrogens with one attached hydrogen (secondary N) is 1. The zero-order valence-corrected chi connectivity index (χ0v) is 17.6. The lowest BCUT2D eigenvalue weighted by Gasteiger charge is -2.08. The lowest BCUT2D eigenvalue weighted by molar-refractivity contribution is -0.148. The standard InChI is InChI=1S/C23H25N3O5/c1-16-6-8-18(9-7-16)23-26-25-21(31-23)10-11-22(28)30-15-20(27)24-12-13-29-19-5-3-4-17(2)14-19/h3-9,14H,10-13,15H2,1-2H3,(H,24,27). The highest BCUT2D eigenvalue weighted by Gasteiger charge is 2.12. The van der Waals surface area contributed by atoms with Crippen LogP contribution in [0.25, 0.3) is 11.5 Å². The summed E-state index contributed by atoms with van der Waals surface area (Å²) in [5.74, 6) is 0.579. The second-order valence-electron chi connectivity index (χ2n) is 7.04. The molecule has 0 aliphatic rings. The van der Waals surface area contributed by atoms with Gasteiger partial charge in [-0.1, -0.05) is 29.8 Å². The predicted octanol–water partition coefficient (Wildman–Crippen LogP) is 3.02. The molecule has 3 aromatic rings. The summed E-state index contributed by atoms with van der Waals surface area (Å²) >= 11 is 0. The third-order valence-corrected chi connectivity index (χ3v) is 4.36. The number of hydrogen-bond donors (Lipinski definition) is 1. The maximum Gasteiger partial charge on any atom is 0.306 e. The summed E-state index contributed by atoms with van der Waals surface area (Å²) in [7, 11) is 0. The molecule has 31 heavy (non-hydrogen) atoms. The van der Waals surface area contributed by atoms with Gasteiger partial charge in [-0.2, -0.15) is 0 Å². The normalized spacial score (nSPS) is 10.5. The van der Waals surface area contributed by atoms with Gasteiger partial charge in [0.15, 0.2) is 6.61 Å². The number of aryl methyl sites for hydroxylation is 3. The summed E-state index contributed by atoms with van der Waals surface area (Å²) < 4.78 is 16.1. The summed E-state index contributed by atoms with van der Waals surface area (Å²) in [5.41, 5.74) is 3.05. The van der Waals surface area contributed by atoms with Crippen molar-refractivity contribution in [1.29, 1.82) is 0 Å². The van der Waals surface area contributed by atoms with Gasteiger partial charge in [-0.3, -0.25) is 9.59 Å². The first kappa shape index (κ1) is 22.0. The molecule has 0 saturated heterocycles. The zero-order valence-electron chi connectivity index (χ0n) is 17.6. The first-order valence-corrected chi connectivity index (χ1v) is 10.0. The largest absolute Gasteiger partial charge is 0.492 e. The number of carbonyl (C=O) groups is 2. The zero-order chi connectivity index (χ0) is 22.1. The molecular formula is C23H25N3O5. The monoisotopic (exact) mass is 423 g/mol.